The van der Waals surface area contributed by atoms with E-state index in [-0.39, 0.29) is 24.6 Å². The number of hydrogen-bond donors (Lipinski definition) is 1. The van der Waals surface area contributed by atoms with Crippen LogP contribution in [0.2, 0.25) is 0 Å². The zero-order valence-corrected chi connectivity index (χ0v) is 23.0. The summed E-state index contributed by atoms with van der Waals surface area (Å²) in [5, 5.41) is 0. The Kier molecular flexibility index (Phi) is 8.57. The van der Waals surface area contributed by atoms with Gasteiger partial charge in [-0.15, -0.1) is 0 Å². The summed E-state index contributed by atoms with van der Waals surface area (Å²) < 4.78 is 49.6. The van der Waals surface area contributed by atoms with Crippen LogP contribution in [0.3, 0.4) is 0 Å². The van der Waals surface area contributed by atoms with Crippen LogP contribution in [0.1, 0.15) is 48.9 Å². The van der Waals surface area contributed by atoms with Crippen molar-refractivity contribution in [3.63, 3.8) is 0 Å². The van der Waals surface area contributed by atoms with Crippen LogP contribution in [-0.2, 0) is 30.5 Å². The minimum atomic E-state index is -3.63. The highest BCUT2D eigenvalue weighted by Crippen LogP contribution is 2.37. The maximum atomic E-state index is 13.4. The molecule has 0 radical (unpaired) electrons. The molecule has 1 heterocycles. The van der Waals surface area contributed by atoms with Crippen LogP contribution >= 0.6 is 0 Å². The molecule has 0 amide bonds. The summed E-state index contributed by atoms with van der Waals surface area (Å²) in [6, 6.07) is 9.91. The second kappa shape index (κ2) is 10.9. The number of carbonyl (C=O) groups excluding carboxylic acids is 1. The van der Waals surface area contributed by atoms with Gasteiger partial charge in [-0.2, -0.15) is 4.31 Å². The predicted molar refractivity (Wildman–Crippen MR) is 138 cm³/mol. The van der Waals surface area contributed by atoms with Gasteiger partial charge in [0.05, 0.1) is 16.4 Å². The van der Waals surface area contributed by atoms with Crippen LogP contribution in [0.25, 0.3) is 0 Å². The highest BCUT2D eigenvalue weighted by Gasteiger charge is 2.45. The fourth-order valence-electron chi connectivity index (χ4n) is 4.71. The van der Waals surface area contributed by atoms with E-state index >= 15 is 0 Å². The third-order valence-corrected chi connectivity index (χ3v) is 10.1. The van der Waals surface area contributed by atoms with Gasteiger partial charge in [0, 0.05) is 13.1 Å². The number of nitrogens with one attached hydrogen (secondary N) is 1. The fraction of sp³-hybridized carbons (Fsp3) is 0.500. The SMILES string of the molecule is CCOC(=O)[C@@H](N[S@@](=O)c1c(C)cc(C)cc1C)C1(C)CCN(S(=O)(=O)c2ccc(C)cc2)CC1. The lowest BCUT2D eigenvalue weighted by atomic mass is 9.75. The van der Waals surface area contributed by atoms with Crippen LogP contribution in [0, 0.1) is 33.1 Å². The third kappa shape index (κ3) is 6.02. The molecule has 0 bridgehead atoms. The second-order valence-electron chi connectivity index (χ2n) is 9.67. The lowest BCUT2D eigenvalue weighted by Crippen LogP contribution is -2.55. The Morgan fingerprint density at radius 3 is 2.11 bits per heavy atom. The molecule has 1 aliphatic heterocycles. The summed E-state index contributed by atoms with van der Waals surface area (Å²) >= 11 is 0. The number of ether oxygens (including phenoxy) is 1. The van der Waals surface area contributed by atoms with Crippen LogP contribution in [0.15, 0.2) is 46.2 Å². The van der Waals surface area contributed by atoms with Gasteiger partial charge in [0.2, 0.25) is 10.0 Å². The van der Waals surface area contributed by atoms with E-state index in [9.17, 15) is 17.4 Å². The molecule has 2 aromatic carbocycles. The number of piperidine rings is 1. The van der Waals surface area contributed by atoms with Crippen molar-refractivity contribution >= 4 is 27.0 Å². The number of sulfonamides is 1. The van der Waals surface area contributed by atoms with Crippen LogP contribution < -0.4 is 4.72 Å². The molecular weight excluding hydrogens is 484 g/mol. The number of hydrogen-bond acceptors (Lipinski definition) is 5. The zero-order chi connectivity index (χ0) is 26.0. The van der Waals surface area contributed by atoms with E-state index in [2.05, 4.69) is 4.72 Å². The molecule has 0 spiro atoms. The Hall–Kier alpha value is -2.07. The Bertz CT molecular complexity index is 1180. The molecule has 1 fully saturated rings. The van der Waals surface area contributed by atoms with Crippen molar-refractivity contribution in [2.75, 3.05) is 19.7 Å². The van der Waals surface area contributed by atoms with Crippen molar-refractivity contribution in [3.8, 4) is 0 Å². The minimum absolute atomic E-state index is 0.205. The molecule has 0 aliphatic carbocycles. The first-order valence-corrected chi connectivity index (χ1v) is 14.5. The van der Waals surface area contributed by atoms with Gasteiger partial charge in [0.25, 0.3) is 0 Å². The summed E-state index contributed by atoms with van der Waals surface area (Å²) in [5.74, 6) is -0.472. The Labute approximate surface area is 211 Å². The highest BCUT2D eigenvalue weighted by molar-refractivity contribution is 7.89. The van der Waals surface area contributed by atoms with Gasteiger partial charge in [-0.05, 0) is 76.1 Å². The average Bonchev–Trinajstić information content (AvgIpc) is 2.77. The molecule has 0 unspecified atom stereocenters. The summed E-state index contributed by atoms with van der Waals surface area (Å²) in [7, 11) is -5.27. The van der Waals surface area contributed by atoms with Crippen molar-refractivity contribution in [2.45, 2.75) is 70.2 Å². The third-order valence-electron chi connectivity index (χ3n) is 6.76. The number of benzene rings is 2. The first-order valence-electron chi connectivity index (χ1n) is 11.9. The van der Waals surface area contributed by atoms with Crippen LogP contribution in [0.4, 0.5) is 0 Å². The molecular formula is C26H36N2O5S2. The number of nitrogens with zero attached hydrogens (tertiary/aromatic N) is 1. The molecule has 1 saturated heterocycles. The topological polar surface area (TPSA) is 92.8 Å². The van der Waals surface area contributed by atoms with Crippen molar-refractivity contribution in [1.29, 1.82) is 0 Å². The van der Waals surface area contributed by atoms with Gasteiger partial charge in [-0.1, -0.05) is 42.3 Å². The van der Waals surface area contributed by atoms with E-state index in [4.69, 9.17) is 4.74 Å². The Morgan fingerprint density at radius 2 is 1.60 bits per heavy atom. The molecule has 35 heavy (non-hydrogen) atoms. The smallest absolute Gasteiger partial charge is 0.324 e. The predicted octanol–water partition coefficient (Wildman–Crippen LogP) is 3.96. The fourth-order valence-corrected chi connectivity index (χ4v) is 7.57. The van der Waals surface area contributed by atoms with E-state index < -0.39 is 38.4 Å². The van der Waals surface area contributed by atoms with E-state index in [0.29, 0.717) is 17.7 Å². The quantitative estimate of drug-likeness (QED) is 0.532. The van der Waals surface area contributed by atoms with Gasteiger partial charge in [0.15, 0.2) is 0 Å². The summed E-state index contributed by atoms with van der Waals surface area (Å²) in [6.45, 7) is 12.1. The standard InChI is InChI=1S/C26H36N2O5S2/c1-7-33-25(29)24(27-34(30)23-20(4)16-19(3)17-21(23)5)26(6)12-14-28(15-13-26)35(31,32)22-10-8-18(2)9-11-22/h8-11,16-17,24,27H,7,12-15H2,1-6H3/t24-,34+/m1/s1. The van der Waals surface area contributed by atoms with E-state index in [1.54, 1.807) is 31.2 Å². The van der Waals surface area contributed by atoms with Crippen molar-refractivity contribution in [1.82, 2.24) is 9.03 Å². The average molecular weight is 521 g/mol. The molecule has 1 aliphatic rings. The molecule has 2 atom stereocenters. The summed E-state index contributed by atoms with van der Waals surface area (Å²) in [4.78, 5) is 13.9. The normalized spacial score (nSPS) is 18.1. The Morgan fingerprint density at radius 1 is 1.06 bits per heavy atom. The number of carbonyl (C=O) groups is 1. The molecule has 3 rings (SSSR count). The lowest BCUT2D eigenvalue weighted by molar-refractivity contribution is -0.149. The van der Waals surface area contributed by atoms with E-state index in [1.165, 1.54) is 4.31 Å². The molecule has 0 saturated carbocycles. The van der Waals surface area contributed by atoms with Gasteiger partial charge < -0.3 is 4.74 Å². The van der Waals surface area contributed by atoms with Gasteiger partial charge in [-0.25, -0.2) is 17.3 Å². The monoisotopic (exact) mass is 520 g/mol. The largest absolute Gasteiger partial charge is 0.465 e. The molecule has 7 nitrogen and oxygen atoms in total. The number of esters is 1. The molecule has 192 valence electrons. The van der Waals surface area contributed by atoms with Crippen molar-refractivity contribution < 1.29 is 22.2 Å². The molecule has 2 aromatic rings. The van der Waals surface area contributed by atoms with E-state index in [1.807, 2.05) is 46.8 Å². The minimum Gasteiger partial charge on any atom is -0.465 e. The van der Waals surface area contributed by atoms with Crippen molar-refractivity contribution in [2.24, 2.45) is 5.41 Å². The van der Waals surface area contributed by atoms with Crippen molar-refractivity contribution in [3.05, 3.63) is 58.7 Å². The van der Waals surface area contributed by atoms with Crippen LogP contribution in [0.5, 0.6) is 0 Å². The van der Waals surface area contributed by atoms with Gasteiger partial charge in [0.1, 0.15) is 17.0 Å². The first-order chi connectivity index (χ1) is 16.4. The summed E-state index contributed by atoms with van der Waals surface area (Å²) in [5.41, 5.74) is 3.22. The zero-order valence-electron chi connectivity index (χ0n) is 21.4. The second-order valence-corrected chi connectivity index (χ2v) is 12.8. The summed E-state index contributed by atoms with van der Waals surface area (Å²) in [6.07, 6.45) is 0.856. The number of rotatable bonds is 8. The molecule has 1 N–H and O–H groups in total. The Balaban J connectivity index is 1.83. The molecule has 9 heteroatoms. The first kappa shape index (κ1) is 27.5. The maximum absolute atomic E-state index is 13.4. The van der Waals surface area contributed by atoms with Gasteiger partial charge >= 0.3 is 5.97 Å². The lowest BCUT2D eigenvalue weighted by Gasteiger charge is -2.42. The van der Waals surface area contributed by atoms with E-state index in [0.717, 1.165) is 22.3 Å². The maximum Gasteiger partial charge on any atom is 0.324 e. The van der Waals surface area contributed by atoms with Gasteiger partial charge in [-0.3, -0.25) is 4.79 Å². The number of aryl methyl sites for hydroxylation is 4. The van der Waals surface area contributed by atoms with Crippen LogP contribution in [-0.4, -0.2) is 48.6 Å². The highest BCUT2D eigenvalue weighted by atomic mass is 32.2. The molecule has 0 aromatic heterocycles.